The molecule has 0 saturated heterocycles. The molecule has 15 heavy (non-hydrogen) atoms. The van der Waals surface area contributed by atoms with Gasteiger partial charge in [0.25, 0.3) is 0 Å². The van der Waals surface area contributed by atoms with Gasteiger partial charge in [-0.1, -0.05) is 18.2 Å². The van der Waals surface area contributed by atoms with Gasteiger partial charge in [0, 0.05) is 6.20 Å². The Kier molecular flexibility index (Phi) is 7.83. The number of rotatable bonds is 2. The van der Waals surface area contributed by atoms with E-state index in [1.54, 1.807) is 6.92 Å². The lowest BCUT2D eigenvalue weighted by molar-refractivity contribution is 1.62. The smallest absolute Gasteiger partial charge is 0.0947 e. The third-order valence-electron chi connectivity index (χ3n) is 1.04. The molecule has 0 N–H and O–H groups in total. The molecular weight excluding hydrogens is 182 g/mol. The second-order valence-electron chi connectivity index (χ2n) is 2.05. The quantitative estimate of drug-likeness (QED) is 0.361. The first-order chi connectivity index (χ1) is 7.35. The predicted octanol–water partition coefficient (Wildman–Crippen LogP) is 2.40. The lowest BCUT2D eigenvalue weighted by Crippen LogP contribution is -1.75. The number of allylic oxidation sites excluding steroid dienone is 1. The average Bonchev–Trinajstić information content (AvgIpc) is 2.25. The van der Waals surface area contributed by atoms with Crippen LogP contribution in [0.5, 0.6) is 0 Å². The second kappa shape index (κ2) is 9.48. The number of hydrogen-bond acceptors (Lipinski definition) is 1. The molecule has 0 aliphatic heterocycles. The van der Waals surface area contributed by atoms with E-state index in [1.807, 2.05) is 0 Å². The Hall–Kier alpha value is -2.61. The maximum Gasteiger partial charge on any atom is 0.0947 e. The van der Waals surface area contributed by atoms with Crippen molar-refractivity contribution in [3.8, 4) is 23.7 Å². The van der Waals surface area contributed by atoms with Gasteiger partial charge in [-0.3, -0.25) is 4.99 Å². The van der Waals surface area contributed by atoms with Gasteiger partial charge in [-0.15, -0.1) is 0 Å². The highest BCUT2D eigenvalue weighted by Gasteiger charge is 1.80. The van der Waals surface area contributed by atoms with E-state index in [-0.39, 0.29) is 0 Å². The Morgan fingerprint density at radius 1 is 1.27 bits per heavy atom. The molecule has 70 valence electrons. The Morgan fingerprint density at radius 3 is 2.67 bits per heavy atom. The molecule has 0 aliphatic rings. The molecule has 0 spiro atoms. The molecule has 0 aromatic carbocycles. The van der Waals surface area contributed by atoms with Gasteiger partial charge in [-0.25, -0.2) is 0 Å². The van der Waals surface area contributed by atoms with E-state index in [0.29, 0.717) is 5.57 Å². The van der Waals surface area contributed by atoms with Crippen molar-refractivity contribution >= 4 is 6.21 Å². The molecule has 0 atom stereocenters. The summed E-state index contributed by atoms with van der Waals surface area (Å²) in [7, 11) is 0. The van der Waals surface area contributed by atoms with Crippen LogP contribution >= 0.6 is 0 Å². The molecule has 1 nitrogen and oxygen atoms in total. The Bertz CT molecular complexity index is 528. The fourth-order valence-corrected chi connectivity index (χ4v) is 0.527. The highest BCUT2D eigenvalue weighted by molar-refractivity contribution is 5.84. The van der Waals surface area contributed by atoms with Crippen molar-refractivity contribution in [3.63, 3.8) is 0 Å². The zero-order valence-electron chi connectivity index (χ0n) is 8.52. The summed E-state index contributed by atoms with van der Waals surface area (Å²) in [4.78, 5) is 3.81. The van der Waals surface area contributed by atoms with Crippen LogP contribution in [0.4, 0.5) is 0 Å². The van der Waals surface area contributed by atoms with Gasteiger partial charge in [-0.2, -0.15) is 0 Å². The third-order valence-corrected chi connectivity index (χ3v) is 1.04. The summed E-state index contributed by atoms with van der Waals surface area (Å²) in [5.41, 5.74) is 10.8. The molecule has 0 aromatic rings. The second-order valence-corrected chi connectivity index (χ2v) is 2.05. The summed E-state index contributed by atoms with van der Waals surface area (Å²) in [6, 6.07) is 0. The van der Waals surface area contributed by atoms with E-state index in [0.717, 1.165) is 0 Å². The molecule has 0 aliphatic carbocycles. The predicted molar refractivity (Wildman–Crippen MR) is 63.1 cm³/mol. The van der Waals surface area contributed by atoms with Crippen LogP contribution in [0.25, 0.3) is 0 Å². The van der Waals surface area contributed by atoms with Gasteiger partial charge in [0.2, 0.25) is 0 Å². The van der Waals surface area contributed by atoms with Crippen molar-refractivity contribution in [1.29, 1.82) is 0 Å². The van der Waals surface area contributed by atoms with Gasteiger partial charge in [0.15, 0.2) is 0 Å². The maximum absolute atomic E-state index is 3.81. The normalized spacial score (nSPS) is 6.47. The van der Waals surface area contributed by atoms with Crippen molar-refractivity contribution < 1.29 is 0 Å². The van der Waals surface area contributed by atoms with Crippen LogP contribution in [0.2, 0.25) is 0 Å². The van der Waals surface area contributed by atoms with E-state index in [4.69, 9.17) is 0 Å². The van der Waals surface area contributed by atoms with E-state index in [1.165, 1.54) is 12.4 Å². The minimum Gasteiger partial charge on any atom is -0.263 e. The average molecular weight is 191 g/mol. The first-order valence-electron chi connectivity index (χ1n) is 4.07. The Labute approximate surface area is 90.2 Å². The zero-order chi connectivity index (χ0) is 11.4. The summed E-state index contributed by atoms with van der Waals surface area (Å²) >= 11 is 0. The highest BCUT2D eigenvalue weighted by atomic mass is 14.6. The molecule has 0 aromatic heterocycles. The molecule has 0 rings (SSSR count). The van der Waals surface area contributed by atoms with Gasteiger partial charge >= 0.3 is 0 Å². The van der Waals surface area contributed by atoms with Crippen LogP contribution in [0.3, 0.4) is 0 Å². The fraction of sp³-hybridized carbons (Fsp3) is 0.0714. The molecule has 0 saturated carbocycles. The van der Waals surface area contributed by atoms with Crippen LogP contribution in [0, 0.1) is 23.7 Å². The molecule has 1 heteroatoms. The van der Waals surface area contributed by atoms with Gasteiger partial charge < -0.3 is 0 Å². The van der Waals surface area contributed by atoms with Crippen molar-refractivity contribution in [1.82, 2.24) is 0 Å². The summed E-state index contributed by atoms with van der Waals surface area (Å²) in [5, 5.41) is 0. The molecule has 0 fully saturated rings. The molecule has 0 amide bonds. The minimum absolute atomic E-state index is 0.542. The number of aliphatic imine (C=N–C) groups is 1. The molecular formula is C14H9N. The number of hydrogen-bond donors (Lipinski definition) is 0. The van der Waals surface area contributed by atoms with Crippen LogP contribution < -0.4 is 0 Å². The van der Waals surface area contributed by atoms with Crippen LogP contribution in [-0.4, -0.2) is 6.21 Å². The lowest BCUT2D eigenvalue weighted by Gasteiger charge is -1.78. The van der Waals surface area contributed by atoms with Crippen LogP contribution in [0.15, 0.2) is 52.8 Å². The fourth-order valence-electron chi connectivity index (χ4n) is 0.527. The first kappa shape index (κ1) is 12.4. The molecule has 0 bridgehead atoms. The summed E-state index contributed by atoms with van der Waals surface area (Å²) in [5.74, 6) is 10.6. The van der Waals surface area contributed by atoms with Gasteiger partial charge in [0.1, 0.15) is 0 Å². The summed E-state index contributed by atoms with van der Waals surface area (Å²) in [6.07, 6.45) is 2.91. The molecule has 0 radical (unpaired) electrons. The molecule has 0 unspecified atom stereocenters. The van der Waals surface area contributed by atoms with Crippen molar-refractivity contribution in [2.45, 2.75) is 6.92 Å². The van der Waals surface area contributed by atoms with Crippen molar-refractivity contribution in [2.24, 2.45) is 4.99 Å². The maximum atomic E-state index is 3.81. The Morgan fingerprint density at radius 2 is 2.07 bits per heavy atom. The van der Waals surface area contributed by atoms with Gasteiger partial charge in [-0.05, 0) is 48.5 Å². The topological polar surface area (TPSA) is 12.4 Å². The van der Waals surface area contributed by atoms with E-state index in [9.17, 15) is 0 Å². The van der Waals surface area contributed by atoms with E-state index in [2.05, 4.69) is 64.8 Å². The molecule has 0 heterocycles. The van der Waals surface area contributed by atoms with Crippen LogP contribution in [-0.2, 0) is 0 Å². The largest absolute Gasteiger partial charge is 0.263 e. The van der Waals surface area contributed by atoms with Crippen LogP contribution in [0.1, 0.15) is 6.92 Å². The van der Waals surface area contributed by atoms with E-state index >= 15 is 0 Å². The monoisotopic (exact) mass is 191 g/mol. The SMILES string of the molecule is C=C=C=C=C=C(C#CC#CC)C=NC=C. The Balaban J connectivity index is 5.34. The minimum atomic E-state index is 0.542. The highest BCUT2D eigenvalue weighted by Crippen LogP contribution is 1.84. The van der Waals surface area contributed by atoms with Crippen molar-refractivity contribution in [2.75, 3.05) is 0 Å². The first-order valence-corrected chi connectivity index (χ1v) is 4.07. The van der Waals surface area contributed by atoms with Crippen molar-refractivity contribution in [3.05, 3.63) is 47.9 Å². The zero-order valence-corrected chi connectivity index (χ0v) is 8.52. The third kappa shape index (κ3) is 7.74. The summed E-state index contributed by atoms with van der Waals surface area (Å²) in [6.45, 7) is 8.51. The summed E-state index contributed by atoms with van der Waals surface area (Å²) < 4.78 is 0. The lowest BCUT2D eigenvalue weighted by atomic mass is 10.3. The van der Waals surface area contributed by atoms with Gasteiger partial charge in [0.05, 0.1) is 11.8 Å². The standard InChI is InChI=1S/C14H9N/c1-4-7-9-11-14(13-15-6-3)12-10-8-5-2/h6,13H,1,3H2,2H3. The van der Waals surface area contributed by atoms with E-state index < -0.39 is 0 Å². The number of nitrogens with zero attached hydrogens (tertiary/aromatic N) is 1.